The van der Waals surface area contributed by atoms with Gasteiger partial charge >= 0.3 is 32.7 Å². The Hall–Kier alpha value is -2.99. The van der Waals surface area contributed by atoms with Crippen LogP contribution in [0.1, 0.15) is 0 Å². The van der Waals surface area contributed by atoms with Gasteiger partial charge in [-0.3, -0.25) is 35.4 Å². The van der Waals surface area contributed by atoms with Crippen LogP contribution >= 0.6 is 0 Å². The van der Waals surface area contributed by atoms with Gasteiger partial charge in [-0.2, -0.15) is 18.2 Å². The van der Waals surface area contributed by atoms with Crippen LogP contribution in [0.2, 0.25) is 19.6 Å². The minimum Gasteiger partial charge on any atom is -0.393 e. The number of hydrogen-bond acceptors (Lipinski definition) is 3. The van der Waals surface area contributed by atoms with Gasteiger partial charge in [-0.05, 0) is 41.0 Å². The number of nitrogens with zero attached hydrogens (tertiary/aromatic N) is 4. The summed E-state index contributed by atoms with van der Waals surface area (Å²) in [7, 11) is -1.23. The van der Waals surface area contributed by atoms with Crippen LogP contribution in [0.4, 0.5) is 0 Å². The number of benzene rings is 5. The quantitative estimate of drug-likeness (QED) is 0.123. The van der Waals surface area contributed by atoms with E-state index < -0.39 is 8.07 Å². The minimum atomic E-state index is -1.23. The van der Waals surface area contributed by atoms with Crippen molar-refractivity contribution in [3.63, 3.8) is 0 Å². The van der Waals surface area contributed by atoms with Crippen molar-refractivity contribution in [3.05, 3.63) is 184 Å². The van der Waals surface area contributed by atoms with Gasteiger partial charge in [0.15, 0.2) is 0 Å². The van der Waals surface area contributed by atoms with E-state index in [4.69, 9.17) is 4.98 Å². The second kappa shape index (κ2) is 21.9. The fourth-order valence-corrected chi connectivity index (χ4v) is 6.45. The predicted octanol–water partition coefficient (Wildman–Crippen LogP) is 9.58. The molecular weight excluding hydrogens is 1010 g/mol. The molecular formula is C45H35BIrN4SiY2-4. The molecule has 0 saturated carbocycles. The number of fused-ring (bicyclic) bond motifs is 1. The summed E-state index contributed by atoms with van der Waals surface area (Å²) in [6, 6.07) is 60.4. The molecule has 9 heteroatoms. The maximum atomic E-state index is 4.91. The molecule has 0 aliphatic carbocycles. The first-order valence-corrected chi connectivity index (χ1v) is 19.6. The summed E-state index contributed by atoms with van der Waals surface area (Å²) in [5.74, 6) is 0.789. The zero-order valence-electron chi connectivity index (χ0n) is 30.6. The van der Waals surface area contributed by atoms with Crippen LogP contribution in [0.3, 0.4) is 0 Å². The fourth-order valence-electron chi connectivity index (χ4n) is 5.42. The van der Waals surface area contributed by atoms with Crippen molar-refractivity contribution in [2.75, 3.05) is 0 Å². The Bertz CT molecular complexity index is 2300. The first-order valence-electron chi connectivity index (χ1n) is 16.1. The Balaban J connectivity index is 0.000000414. The number of hydrogen-bond donors (Lipinski definition) is 0. The molecule has 3 aromatic heterocycles. The Morgan fingerprint density at radius 3 is 1.93 bits per heavy atom. The van der Waals surface area contributed by atoms with Gasteiger partial charge in [0.05, 0.1) is 19.1 Å². The second-order valence-electron chi connectivity index (χ2n) is 12.5. The van der Waals surface area contributed by atoms with E-state index in [0.29, 0.717) is 5.69 Å². The molecule has 3 heterocycles. The van der Waals surface area contributed by atoms with Gasteiger partial charge in [0.25, 0.3) is 0 Å². The van der Waals surface area contributed by atoms with E-state index in [-0.39, 0.29) is 101 Å². The van der Waals surface area contributed by atoms with Crippen LogP contribution in [0.15, 0.2) is 140 Å². The summed E-state index contributed by atoms with van der Waals surface area (Å²) in [4.78, 5) is 13.9. The molecule has 0 amide bonds. The first-order chi connectivity index (χ1) is 23.9. The van der Waals surface area contributed by atoms with Crippen molar-refractivity contribution in [3.8, 4) is 50.7 Å². The Labute approximate surface area is 387 Å². The Kier molecular flexibility index (Phi) is 19.2. The van der Waals surface area contributed by atoms with Gasteiger partial charge in [0.2, 0.25) is 0 Å². The maximum absolute atomic E-state index is 4.91. The molecule has 54 heavy (non-hydrogen) atoms. The summed E-state index contributed by atoms with van der Waals surface area (Å²) in [6.45, 7) is 7.00. The van der Waals surface area contributed by atoms with Gasteiger partial charge < -0.3 is 38.6 Å². The number of pyridine rings is 2. The van der Waals surface area contributed by atoms with Gasteiger partial charge in [0, 0.05) is 73.1 Å². The minimum absolute atomic E-state index is 0. The number of para-hydroxylation sites is 3. The van der Waals surface area contributed by atoms with Crippen LogP contribution in [-0.4, -0.2) is 36.0 Å². The molecule has 5 radical (unpaired) electrons. The molecule has 0 saturated heterocycles. The van der Waals surface area contributed by atoms with Crippen molar-refractivity contribution in [2.45, 2.75) is 19.6 Å². The van der Waals surface area contributed by atoms with Crippen molar-refractivity contribution in [2.24, 2.45) is 0 Å². The average Bonchev–Trinajstić information content (AvgIpc) is 3.56. The van der Waals surface area contributed by atoms with Crippen LogP contribution in [0.5, 0.6) is 0 Å². The van der Waals surface area contributed by atoms with Gasteiger partial charge in [0.1, 0.15) is 0 Å². The fraction of sp³-hybridized carbons (Fsp3) is 0.0667. The summed E-state index contributed by atoms with van der Waals surface area (Å²) in [6.07, 6.45) is 5.15. The largest absolute Gasteiger partial charge is 3.00 e. The van der Waals surface area contributed by atoms with E-state index in [1.807, 2.05) is 109 Å². The van der Waals surface area contributed by atoms with E-state index in [1.54, 1.807) is 0 Å². The van der Waals surface area contributed by atoms with Crippen molar-refractivity contribution in [1.29, 1.82) is 0 Å². The van der Waals surface area contributed by atoms with E-state index in [2.05, 4.69) is 101 Å². The number of imidazole rings is 1. The van der Waals surface area contributed by atoms with Crippen molar-refractivity contribution in [1.82, 2.24) is 19.5 Å². The van der Waals surface area contributed by atoms with E-state index in [9.17, 15) is 0 Å². The summed E-state index contributed by atoms with van der Waals surface area (Å²) < 4.78 is 2.14. The van der Waals surface area contributed by atoms with Crippen LogP contribution in [-0.2, 0) is 85.5 Å². The van der Waals surface area contributed by atoms with Crippen LogP contribution in [0.25, 0.3) is 61.8 Å². The van der Waals surface area contributed by atoms with Crippen molar-refractivity contribution >= 4 is 32.7 Å². The van der Waals surface area contributed by atoms with E-state index >= 15 is 0 Å². The predicted molar refractivity (Wildman–Crippen MR) is 213 cm³/mol. The topological polar surface area (TPSA) is 43.6 Å². The normalized spacial score (nSPS) is 10.1. The standard InChI is InChI=1S/C30H16N3.C14H16NSi.CH3.B.Ir.2Y/c1-3-10-22(11-4-1)27-19-18-25(21-31-27)23-12-9-13-24(20-23)30-32-28-16-7-8-17-29(28)33(30)26-14-5-2-6-15-26;1-16(2,3)13-9-10-14(15-11-13)12-7-5-4-6-8-12;;;;;/h1-10,12,14-18H;4-7,9-11H,1-3H3;1H3;;;;/q-5;2*-1;;;;+3. The molecule has 0 bridgehead atoms. The molecule has 0 spiro atoms. The zero-order valence-corrected chi connectivity index (χ0v) is 39.7. The second-order valence-corrected chi connectivity index (χ2v) is 17.6. The monoisotopic (exact) mass is 1040 g/mol. The third-order valence-corrected chi connectivity index (χ3v) is 10.1. The first kappa shape index (κ1) is 47.2. The molecule has 8 aromatic rings. The molecule has 0 aliphatic rings. The molecule has 4 nitrogen and oxygen atoms in total. The maximum Gasteiger partial charge on any atom is 3.00 e. The van der Waals surface area contributed by atoms with Crippen LogP contribution < -0.4 is 5.19 Å². The van der Waals surface area contributed by atoms with Gasteiger partial charge in [-0.25, -0.2) is 17.7 Å². The molecule has 261 valence electrons. The van der Waals surface area contributed by atoms with Crippen molar-refractivity contribution < 1.29 is 85.5 Å². The van der Waals surface area contributed by atoms with E-state index in [0.717, 1.165) is 56.1 Å². The molecule has 8 rings (SSSR count). The van der Waals surface area contributed by atoms with E-state index in [1.165, 1.54) is 5.19 Å². The SMILES string of the molecule is C[Si](C)(C)c1ccc(-c2[c-]cccc2)nc1.[B].[CH3-].[Ir].[Y+3].[Y].[c-]1ccc(-c2[c-]nc(-c3[c-]cccc3)[c-]c2)[c-]c1-c1nc2ccccc2n1-c1ccccc1. The molecule has 0 atom stereocenters. The molecule has 5 aromatic carbocycles. The molecule has 0 N–H and O–H groups in total. The summed E-state index contributed by atoms with van der Waals surface area (Å²) in [5.41, 5.74) is 9.13. The third kappa shape index (κ3) is 11.3. The van der Waals surface area contributed by atoms with Gasteiger partial charge in [-0.15, -0.1) is 53.9 Å². The van der Waals surface area contributed by atoms with Crippen LogP contribution in [0, 0.1) is 44.0 Å². The summed E-state index contributed by atoms with van der Waals surface area (Å²) >= 11 is 0. The zero-order chi connectivity index (χ0) is 33.6. The number of rotatable bonds is 6. The smallest absolute Gasteiger partial charge is 0.393 e. The molecule has 0 aliphatic heterocycles. The Morgan fingerprint density at radius 2 is 1.31 bits per heavy atom. The summed E-state index contributed by atoms with van der Waals surface area (Å²) in [5, 5.41) is 1.40. The molecule has 0 unspecified atom stereocenters. The molecule has 0 fully saturated rings. The Morgan fingerprint density at radius 1 is 0.648 bits per heavy atom. The number of aromatic nitrogens is 4. The third-order valence-electron chi connectivity index (χ3n) is 8.05. The van der Waals surface area contributed by atoms with Gasteiger partial charge in [-0.1, -0.05) is 62.1 Å². The average molecular weight is 1040 g/mol.